The molecule has 3 unspecified atom stereocenters. The second-order valence-corrected chi connectivity index (χ2v) is 9.18. The van der Waals surface area contributed by atoms with E-state index in [0.717, 1.165) is 10.1 Å². The lowest BCUT2D eigenvalue weighted by molar-refractivity contribution is -0.141. The fourth-order valence-electron chi connectivity index (χ4n) is 4.30. The highest BCUT2D eigenvalue weighted by molar-refractivity contribution is 5.91. The predicted octanol–water partition coefficient (Wildman–Crippen LogP) is 1.79. The van der Waals surface area contributed by atoms with Crippen molar-refractivity contribution in [2.45, 2.75) is 37.9 Å². The Labute approximate surface area is 223 Å². The number of carboxylic acid groups (broad SMARTS) is 1. The molecule has 0 spiro atoms. The van der Waals surface area contributed by atoms with Crippen LogP contribution in [0.1, 0.15) is 24.1 Å². The summed E-state index contributed by atoms with van der Waals surface area (Å²) in [5, 5.41) is 14.6. The quantitative estimate of drug-likeness (QED) is 0.246. The minimum absolute atomic E-state index is 0.000789. The number of hydrogen-bond acceptors (Lipinski definition) is 5. The smallest absolute Gasteiger partial charge is 0.329 e. The van der Waals surface area contributed by atoms with Crippen molar-refractivity contribution in [1.82, 2.24) is 20.2 Å². The molecule has 10 nitrogen and oxygen atoms in total. The molecule has 0 saturated heterocycles. The first-order valence-electron chi connectivity index (χ1n) is 12.4. The molecule has 0 radical (unpaired) electrons. The first-order chi connectivity index (χ1) is 18.7. The number of carbonyl (C=O) groups excluding carboxylic acids is 2. The van der Waals surface area contributed by atoms with E-state index in [-0.39, 0.29) is 18.2 Å². The SMILES string of the molecule is CC(NC(=O)C(Cc1ccccc1)NC(=O)C(Cc1ccccc1)n1c(=O)[nH]c2ccccc2c1=O)C(=O)O. The topological polar surface area (TPSA) is 150 Å². The van der Waals surface area contributed by atoms with Gasteiger partial charge in [0.15, 0.2) is 0 Å². The molecule has 1 heterocycles. The molecule has 0 fully saturated rings. The number of hydrogen-bond donors (Lipinski definition) is 4. The predicted molar refractivity (Wildman–Crippen MR) is 145 cm³/mol. The van der Waals surface area contributed by atoms with E-state index in [9.17, 15) is 29.1 Å². The summed E-state index contributed by atoms with van der Waals surface area (Å²) in [7, 11) is 0. The third kappa shape index (κ3) is 6.48. The van der Waals surface area contributed by atoms with E-state index >= 15 is 0 Å². The minimum atomic E-state index is -1.30. The van der Waals surface area contributed by atoms with Crippen LogP contribution in [0.5, 0.6) is 0 Å². The molecule has 4 N–H and O–H groups in total. The van der Waals surface area contributed by atoms with E-state index < -0.39 is 47.2 Å². The molecular formula is C29H28N4O6. The van der Waals surface area contributed by atoms with Crippen molar-refractivity contribution in [3.63, 3.8) is 0 Å². The maximum atomic E-state index is 13.8. The van der Waals surface area contributed by atoms with E-state index in [1.54, 1.807) is 84.9 Å². The van der Waals surface area contributed by atoms with Crippen LogP contribution < -0.4 is 21.9 Å². The number of carboxylic acids is 1. The zero-order valence-corrected chi connectivity index (χ0v) is 21.2. The third-order valence-corrected chi connectivity index (χ3v) is 6.37. The Morgan fingerprint density at radius 2 is 1.36 bits per heavy atom. The summed E-state index contributed by atoms with van der Waals surface area (Å²) in [5.74, 6) is -2.68. The van der Waals surface area contributed by atoms with Gasteiger partial charge in [-0.15, -0.1) is 0 Å². The lowest BCUT2D eigenvalue weighted by Gasteiger charge is -2.24. The maximum absolute atomic E-state index is 13.8. The number of benzene rings is 3. The maximum Gasteiger partial charge on any atom is 0.329 e. The molecule has 0 aliphatic heterocycles. The van der Waals surface area contributed by atoms with Crippen LogP contribution in [0.2, 0.25) is 0 Å². The van der Waals surface area contributed by atoms with E-state index in [1.165, 1.54) is 6.92 Å². The molecule has 3 atom stereocenters. The van der Waals surface area contributed by atoms with Crippen molar-refractivity contribution in [2.24, 2.45) is 0 Å². The number of aromatic nitrogens is 2. The molecule has 3 aromatic carbocycles. The van der Waals surface area contributed by atoms with Crippen LogP contribution in [-0.2, 0) is 27.2 Å². The van der Waals surface area contributed by atoms with Crippen LogP contribution >= 0.6 is 0 Å². The summed E-state index contributed by atoms with van der Waals surface area (Å²) in [6.07, 6.45) is 0.0605. The molecule has 0 aliphatic carbocycles. The van der Waals surface area contributed by atoms with Crippen LogP contribution in [0.3, 0.4) is 0 Å². The molecule has 39 heavy (non-hydrogen) atoms. The van der Waals surface area contributed by atoms with Gasteiger partial charge in [-0.1, -0.05) is 72.8 Å². The Morgan fingerprint density at radius 1 is 0.795 bits per heavy atom. The van der Waals surface area contributed by atoms with Crippen LogP contribution in [0.4, 0.5) is 0 Å². The second kappa shape index (κ2) is 12.0. The van der Waals surface area contributed by atoms with Crippen LogP contribution in [-0.4, -0.2) is 44.5 Å². The number of aliphatic carboxylic acids is 1. The third-order valence-electron chi connectivity index (χ3n) is 6.37. The lowest BCUT2D eigenvalue weighted by Crippen LogP contribution is -2.54. The number of amides is 2. The summed E-state index contributed by atoms with van der Waals surface area (Å²) in [4.78, 5) is 67.4. The first-order valence-corrected chi connectivity index (χ1v) is 12.4. The van der Waals surface area contributed by atoms with Crippen LogP contribution in [0.25, 0.3) is 10.9 Å². The summed E-state index contributed by atoms with van der Waals surface area (Å²) in [6, 6.07) is 20.6. The van der Waals surface area contributed by atoms with Gasteiger partial charge in [0.05, 0.1) is 10.9 Å². The van der Waals surface area contributed by atoms with Crippen molar-refractivity contribution in [3.8, 4) is 0 Å². The van der Waals surface area contributed by atoms with Gasteiger partial charge in [-0.3, -0.25) is 19.2 Å². The van der Waals surface area contributed by atoms with Crippen molar-refractivity contribution < 1.29 is 19.5 Å². The van der Waals surface area contributed by atoms with Gasteiger partial charge in [-0.25, -0.2) is 9.36 Å². The highest BCUT2D eigenvalue weighted by Crippen LogP contribution is 2.15. The van der Waals surface area contributed by atoms with Gasteiger partial charge in [-0.2, -0.15) is 0 Å². The van der Waals surface area contributed by atoms with Crippen molar-refractivity contribution >= 4 is 28.7 Å². The summed E-state index contributed by atoms with van der Waals surface area (Å²) in [6.45, 7) is 1.31. The Balaban J connectivity index is 1.74. The summed E-state index contributed by atoms with van der Waals surface area (Å²) < 4.78 is 0.863. The Hall–Kier alpha value is -4.99. The lowest BCUT2D eigenvalue weighted by atomic mass is 10.0. The number of aromatic amines is 1. The molecular weight excluding hydrogens is 500 g/mol. The van der Waals surface area contributed by atoms with E-state index in [1.807, 2.05) is 0 Å². The minimum Gasteiger partial charge on any atom is -0.480 e. The zero-order valence-electron chi connectivity index (χ0n) is 21.2. The molecule has 1 aromatic heterocycles. The molecule has 0 aliphatic rings. The van der Waals surface area contributed by atoms with Crippen molar-refractivity contribution in [1.29, 1.82) is 0 Å². The largest absolute Gasteiger partial charge is 0.480 e. The Kier molecular flexibility index (Phi) is 8.35. The van der Waals surface area contributed by atoms with Gasteiger partial charge >= 0.3 is 11.7 Å². The van der Waals surface area contributed by atoms with Crippen molar-refractivity contribution in [3.05, 3.63) is 117 Å². The highest BCUT2D eigenvalue weighted by Gasteiger charge is 2.30. The molecule has 0 saturated carbocycles. The number of H-pyrrole nitrogens is 1. The monoisotopic (exact) mass is 528 g/mol. The van der Waals surface area contributed by atoms with Crippen LogP contribution in [0.15, 0.2) is 94.5 Å². The Morgan fingerprint density at radius 3 is 1.97 bits per heavy atom. The van der Waals surface area contributed by atoms with Gasteiger partial charge in [0.1, 0.15) is 18.1 Å². The molecule has 0 bridgehead atoms. The van der Waals surface area contributed by atoms with Crippen molar-refractivity contribution in [2.75, 3.05) is 0 Å². The molecule has 2 amide bonds. The van der Waals surface area contributed by atoms with Gasteiger partial charge in [0, 0.05) is 12.8 Å². The zero-order chi connectivity index (χ0) is 27.9. The molecule has 4 aromatic rings. The molecule has 10 heteroatoms. The fraction of sp³-hybridized carbons (Fsp3) is 0.207. The standard InChI is InChI=1S/C29H28N4O6/c1-18(28(37)38)30-25(34)23(16-19-10-4-2-5-11-19)31-26(35)24(17-20-12-6-3-7-13-20)33-27(36)21-14-8-9-15-22(21)32-29(33)39/h2-15,18,23-24H,16-17H2,1H3,(H,30,34)(H,31,35)(H,32,39)(H,37,38). The first kappa shape index (κ1) is 27.1. The van der Waals surface area contributed by atoms with Gasteiger partial charge in [0.25, 0.3) is 5.56 Å². The van der Waals surface area contributed by atoms with Gasteiger partial charge in [-0.05, 0) is 30.2 Å². The van der Waals surface area contributed by atoms with E-state index in [2.05, 4.69) is 15.6 Å². The molecule has 4 rings (SSSR count). The number of fused-ring (bicyclic) bond motifs is 1. The van der Waals surface area contributed by atoms with Gasteiger partial charge < -0.3 is 20.7 Å². The number of nitrogens with one attached hydrogen (secondary N) is 3. The average Bonchev–Trinajstić information content (AvgIpc) is 2.93. The van der Waals surface area contributed by atoms with Crippen LogP contribution in [0, 0.1) is 0 Å². The van der Waals surface area contributed by atoms with E-state index in [4.69, 9.17) is 0 Å². The Bertz CT molecular complexity index is 1600. The summed E-state index contributed by atoms with van der Waals surface area (Å²) in [5.41, 5.74) is 0.348. The number of para-hydroxylation sites is 1. The van der Waals surface area contributed by atoms with Gasteiger partial charge in [0.2, 0.25) is 11.8 Å². The number of carbonyl (C=O) groups is 3. The number of rotatable bonds is 10. The fourth-order valence-corrected chi connectivity index (χ4v) is 4.30. The van der Waals surface area contributed by atoms with E-state index in [0.29, 0.717) is 11.1 Å². The normalized spacial score (nSPS) is 13.3. The number of nitrogens with zero attached hydrogens (tertiary/aromatic N) is 1. The molecule has 200 valence electrons. The average molecular weight is 529 g/mol. The highest BCUT2D eigenvalue weighted by atomic mass is 16.4. The second-order valence-electron chi connectivity index (χ2n) is 9.18. The summed E-state index contributed by atoms with van der Waals surface area (Å²) >= 11 is 0.